The molecule has 0 aromatic heterocycles. The molecule has 100 valence electrons. The molecule has 0 atom stereocenters. The summed E-state index contributed by atoms with van der Waals surface area (Å²) in [5.74, 6) is 0.335. The van der Waals surface area contributed by atoms with Crippen LogP contribution in [0, 0.1) is 0 Å². The summed E-state index contributed by atoms with van der Waals surface area (Å²) in [4.78, 5) is 10.7. The molecular formula is C16H30O. The standard InChI is InChI=1S/C16H30O/c1-3-4-5-6-7-8-9-10-11-12-13-14-15-16(2)17/h6-7H,3-5,8-15H2,1-2H3. The molecule has 0 fully saturated rings. The van der Waals surface area contributed by atoms with Gasteiger partial charge in [-0.2, -0.15) is 0 Å². The molecular weight excluding hydrogens is 208 g/mol. The molecule has 1 nitrogen and oxygen atoms in total. The molecule has 0 heterocycles. The van der Waals surface area contributed by atoms with E-state index in [0.29, 0.717) is 5.78 Å². The molecule has 0 amide bonds. The number of hydrogen-bond donors (Lipinski definition) is 0. The number of carbonyl (C=O) groups excluding carboxylic acids is 1. The monoisotopic (exact) mass is 238 g/mol. The van der Waals surface area contributed by atoms with Crippen molar-refractivity contribution < 1.29 is 4.79 Å². The van der Waals surface area contributed by atoms with Crippen molar-refractivity contribution in [3.63, 3.8) is 0 Å². The maximum Gasteiger partial charge on any atom is 0.129 e. The molecule has 0 N–H and O–H groups in total. The van der Waals surface area contributed by atoms with E-state index in [1.807, 2.05) is 0 Å². The molecule has 0 spiro atoms. The van der Waals surface area contributed by atoms with Crippen LogP contribution in [0.2, 0.25) is 0 Å². The van der Waals surface area contributed by atoms with Gasteiger partial charge in [0.15, 0.2) is 0 Å². The molecule has 0 aromatic carbocycles. The molecule has 0 saturated heterocycles. The van der Waals surface area contributed by atoms with Crippen molar-refractivity contribution in [1.82, 2.24) is 0 Å². The Balaban J connectivity index is 3.03. The van der Waals surface area contributed by atoms with Gasteiger partial charge in [0.1, 0.15) is 5.78 Å². The first-order valence-corrected chi connectivity index (χ1v) is 7.41. The lowest BCUT2D eigenvalue weighted by atomic mass is 10.1. The number of Topliss-reactive ketones (excluding diaryl/α,β-unsaturated/α-hetero) is 1. The maximum absolute atomic E-state index is 10.7. The molecule has 0 rings (SSSR count). The van der Waals surface area contributed by atoms with Crippen LogP contribution in [0.25, 0.3) is 0 Å². The van der Waals surface area contributed by atoms with Crippen molar-refractivity contribution in [2.75, 3.05) is 0 Å². The fourth-order valence-corrected chi connectivity index (χ4v) is 1.90. The van der Waals surface area contributed by atoms with Crippen molar-refractivity contribution in [3.8, 4) is 0 Å². The summed E-state index contributed by atoms with van der Waals surface area (Å²) in [7, 11) is 0. The Morgan fingerprint density at radius 3 is 1.94 bits per heavy atom. The summed E-state index contributed by atoms with van der Waals surface area (Å²) < 4.78 is 0. The topological polar surface area (TPSA) is 17.1 Å². The van der Waals surface area contributed by atoms with Crippen LogP contribution in [0.5, 0.6) is 0 Å². The zero-order valence-electron chi connectivity index (χ0n) is 11.8. The zero-order chi connectivity index (χ0) is 12.8. The van der Waals surface area contributed by atoms with Crippen LogP contribution in [-0.4, -0.2) is 5.78 Å². The van der Waals surface area contributed by atoms with Gasteiger partial charge in [-0.25, -0.2) is 0 Å². The molecule has 0 unspecified atom stereocenters. The van der Waals surface area contributed by atoms with Crippen LogP contribution in [0.1, 0.15) is 84.5 Å². The maximum atomic E-state index is 10.7. The zero-order valence-corrected chi connectivity index (χ0v) is 11.8. The second kappa shape index (κ2) is 13.5. The van der Waals surface area contributed by atoms with Crippen molar-refractivity contribution in [3.05, 3.63) is 12.2 Å². The second-order valence-corrected chi connectivity index (χ2v) is 4.98. The number of ketones is 1. The van der Waals surface area contributed by atoms with E-state index in [1.165, 1.54) is 57.8 Å². The average molecular weight is 238 g/mol. The molecule has 1 heteroatoms. The molecule has 17 heavy (non-hydrogen) atoms. The van der Waals surface area contributed by atoms with Crippen molar-refractivity contribution in [1.29, 1.82) is 0 Å². The fraction of sp³-hybridized carbons (Fsp3) is 0.812. The smallest absolute Gasteiger partial charge is 0.129 e. The van der Waals surface area contributed by atoms with E-state index in [2.05, 4.69) is 19.1 Å². The Labute approximate surface area is 108 Å². The summed E-state index contributed by atoms with van der Waals surface area (Å²) >= 11 is 0. The van der Waals surface area contributed by atoms with Gasteiger partial charge < -0.3 is 4.79 Å². The normalized spacial score (nSPS) is 11.2. The highest BCUT2D eigenvalue weighted by Crippen LogP contribution is 2.09. The van der Waals surface area contributed by atoms with Gasteiger partial charge >= 0.3 is 0 Å². The van der Waals surface area contributed by atoms with Gasteiger partial charge in [0.2, 0.25) is 0 Å². The molecule has 0 radical (unpaired) electrons. The van der Waals surface area contributed by atoms with Gasteiger partial charge in [-0.05, 0) is 32.6 Å². The SMILES string of the molecule is CCCCC=CCCCCCCCCC(C)=O. The molecule has 0 aromatic rings. The Bertz CT molecular complexity index is 194. The van der Waals surface area contributed by atoms with Crippen LogP contribution >= 0.6 is 0 Å². The molecule has 0 bridgehead atoms. The van der Waals surface area contributed by atoms with E-state index in [4.69, 9.17) is 0 Å². The molecule has 0 aliphatic rings. The lowest BCUT2D eigenvalue weighted by Gasteiger charge is -1.99. The van der Waals surface area contributed by atoms with Gasteiger partial charge in [-0.1, -0.05) is 57.6 Å². The predicted octanol–water partition coefficient (Wildman–Crippen LogP) is 5.44. The highest BCUT2D eigenvalue weighted by Gasteiger charge is 1.94. The average Bonchev–Trinajstić information content (AvgIpc) is 2.30. The van der Waals surface area contributed by atoms with Crippen LogP contribution in [0.3, 0.4) is 0 Å². The lowest BCUT2D eigenvalue weighted by molar-refractivity contribution is -0.117. The lowest BCUT2D eigenvalue weighted by Crippen LogP contribution is -1.89. The Morgan fingerprint density at radius 1 is 0.824 bits per heavy atom. The first kappa shape index (κ1) is 16.4. The number of unbranched alkanes of at least 4 members (excludes halogenated alkanes) is 8. The van der Waals surface area contributed by atoms with E-state index in [-0.39, 0.29) is 0 Å². The van der Waals surface area contributed by atoms with Gasteiger partial charge in [0, 0.05) is 6.42 Å². The minimum absolute atomic E-state index is 0.335. The largest absolute Gasteiger partial charge is 0.300 e. The van der Waals surface area contributed by atoms with Crippen molar-refractivity contribution in [2.24, 2.45) is 0 Å². The highest BCUT2D eigenvalue weighted by molar-refractivity contribution is 5.75. The Morgan fingerprint density at radius 2 is 1.35 bits per heavy atom. The van der Waals surface area contributed by atoms with Gasteiger partial charge in [-0.3, -0.25) is 0 Å². The van der Waals surface area contributed by atoms with Gasteiger partial charge in [0.25, 0.3) is 0 Å². The summed E-state index contributed by atoms with van der Waals surface area (Å²) in [5.41, 5.74) is 0. The minimum atomic E-state index is 0.335. The van der Waals surface area contributed by atoms with E-state index in [0.717, 1.165) is 12.8 Å². The first-order chi connectivity index (χ1) is 8.27. The minimum Gasteiger partial charge on any atom is -0.300 e. The number of hydrogen-bond acceptors (Lipinski definition) is 1. The summed E-state index contributed by atoms with van der Waals surface area (Å²) in [6, 6.07) is 0. The second-order valence-electron chi connectivity index (χ2n) is 4.98. The number of rotatable bonds is 12. The molecule has 0 saturated carbocycles. The fourth-order valence-electron chi connectivity index (χ4n) is 1.90. The van der Waals surface area contributed by atoms with Crippen LogP contribution in [0.15, 0.2) is 12.2 Å². The third-order valence-electron chi connectivity index (χ3n) is 3.04. The third-order valence-corrected chi connectivity index (χ3v) is 3.04. The Hall–Kier alpha value is -0.590. The summed E-state index contributed by atoms with van der Waals surface area (Å²) in [6.45, 7) is 3.92. The van der Waals surface area contributed by atoms with E-state index in [9.17, 15) is 4.79 Å². The van der Waals surface area contributed by atoms with Gasteiger partial charge in [-0.15, -0.1) is 0 Å². The predicted molar refractivity (Wildman–Crippen MR) is 76.3 cm³/mol. The van der Waals surface area contributed by atoms with Crippen LogP contribution in [-0.2, 0) is 4.79 Å². The van der Waals surface area contributed by atoms with E-state index in [1.54, 1.807) is 6.92 Å². The van der Waals surface area contributed by atoms with E-state index < -0.39 is 0 Å². The van der Waals surface area contributed by atoms with Crippen molar-refractivity contribution >= 4 is 5.78 Å². The summed E-state index contributed by atoms with van der Waals surface area (Å²) in [5, 5.41) is 0. The van der Waals surface area contributed by atoms with Crippen LogP contribution < -0.4 is 0 Å². The van der Waals surface area contributed by atoms with E-state index >= 15 is 0 Å². The van der Waals surface area contributed by atoms with Gasteiger partial charge in [0.05, 0.1) is 0 Å². The van der Waals surface area contributed by atoms with Crippen molar-refractivity contribution in [2.45, 2.75) is 84.5 Å². The van der Waals surface area contributed by atoms with Crippen LogP contribution in [0.4, 0.5) is 0 Å². The third kappa shape index (κ3) is 15.4. The highest BCUT2D eigenvalue weighted by atomic mass is 16.1. The molecule has 0 aliphatic heterocycles. The Kier molecular flexibility index (Phi) is 13.0. The first-order valence-electron chi connectivity index (χ1n) is 7.41. The number of allylic oxidation sites excluding steroid dienone is 2. The summed E-state index contributed by atoms with van der Waals surface area (Å²) in [6.07, 6.45) is 18.2. The molecule has 0 aliphatic carbocycles. The quantitative estimate of drug-likeness (QED) is 0.327. The number of carbonyl (C=O) groups is 1.